The van der Waals surface area contributed by atoms with Gasteiger partial charge in [-0.2, -0.15) is 4.31 Å². The van der Waals surface area contributed by atoms with E-state index < -0.39 is 22.1 Å². The van der Waals surface area contributed by atoms with Crippen LogP contribution in [0.5, 0.6) is 0 Å². The lowest BCUT2D eigenvalue weighted by molar-refractivity contribution is -0.131. The van der Waals surface area contributed by atoms with Crippen molar-refractivity contribution in [2.75, 3.05) is 38.6 Å². The molecule has 1 fully saturated rings. The van der Waals surface area contributed by atoms with Crippen molar-refractivity contribution in [2.45, 2.75) is 62.9 Å². The van der Waals surface area contributed by atoms with E-state index in [9.17, 15) is 23.1 Å². The van der Waals surface area contributed by atoms with Crippen LogP contribution < -0.4 is 16.4 Å². The van der Waals surface area contributed by atoms with E-state index in [0.717, 1.165) is 16.3 Å². The Morgan fingerprint density at radius 3 is 2.44 bits per heavy atom. The Morgan fingerprint density at radius 1 is 1.04 bits per heavy atom. The third-order valence-corrected chi connectivity index (χ3v) is 10.0. The van der Waals surface area contributed by atoms with E-state index in [0.29, 0.717) is 57.6 Å². The maximum absolute atomic E-state index is 13.5. The molecule has 3 aromatic carbocycles. The normalized spacial score (nSPS) is 16.6. The van der Waals surface area contributed by atoms with Gasteiger partial charge in [0, 0.05) is 37.8 Å². The molecule has 0 saturated carbocycles. The number of amides is 2. The maximum atomic E-state index is 13.5. The number of nitrogens with zero attached hydrogens (tertiary/aromatic N) is 1. The standard InChI is InChI=1S/C34H46N4O6S/c1-24(2)21-38(45(42,43)31-14-12-29(35)13-15-31)30(22-39)9-5-6-17-36-34(41)32(37-33(40)28-16-18-44-23-28)20-25-10-11-26-7-3-4-8-27(26)19-25/h3-4,7-8,10-15,19,24,28,30,32,39H,5-6,9,16-18,20-23,35H2,1-2H3,(H,36,41)(H,37,40). The summed E-state index contributed by atoms with van der Waals surface area (Å²) in [7, 11) is -3.85. The van der Waals surface area contributed by atoms with Crippen molar-refractivity contribution in [2.24, 2.45) is 11.8 Å². The summed E-state index contributed by atoms with van der Waals surface area (Å²) in [5.74, 6) is -0.689. The van der Waals surface area contributed by atoms with Crippen LogP contribution in [-0.4, -0.2) is 74.6 Å². The van der Waals surface area contributed by atoms with E-state index in [1.807, 2.05) is 56.3 Å². The molecule has 0 bridgehead atoms. The van der Waals surface area contributed by atoms with Gasteiger partial charge in [0.05, 0.1) is 24.0 Å². The summed E-state index contributed by atoms with van der Waals surface area (Å²) in [6, 6.07) is 18.7. The number of nitrogens with one attached hydrogen (secondary N) is 2. The molecule has 11 heteroatoms. The maximum Gasteiger partial charge on any atom is 0.243 e. The Morgan fingerprint density at radius 2 is 1.78 bits per heavy atom. The second-order valence-corrected chi connectivity index (χ2v) is 14.1. The first-order valence-electron chi connectivity index (χ1n) is 15.7. The Labute approximate surface area is 266 Å². The molecule has 4 rings (SSSR count). The molecular weight excluding hydrogens is 592 g/mol. The van der Waals surface area contributed by atoms with Gasteiger partial charge < -0.3 is 26.2 Å². The number of fused-ring (bicyclic) bond motifs is 1. The summed E-state index contributed by atoms with van der Waals surface area (Å²) in [6.07, 6.45) is 2.55. The minimum atomic E-state index is -3.85. The molecule has 3 atom stereocenters. The highest BCUT2D eigenvalue weighted by Gasteiger charge is 2.32. The van der Waals surface area contributed by atoms with Crippen molar-refractivity contribution < 1.29 is 27.9 Å². The average Bonchev–Trinajstić information content (AvgIpc) is 3.57. The highest BCUT2D eigenvalue weighted by atomic mass is 32.2. The number of benzene rings is 3. The van der Waals surface area contributed by atoms with Crippen molar-refractivity contribution in [1.82, 2.24) is 14.9 Å². The van der Waals surface area contributed by atoms with Crippen LogP contribution in [0.25, 0.3) is 10.8 Å². The fourth-order valence-electron chi connectivity index (χ4n) is 5.59. The lowest BCUT2D eigenvalue weighted by atomic mass is 10.00. The molecule has 0 aromatic heterocycles. The second-order valence-electron chi connectivity index (χ2n) is 12.2. The number of aliphatic hydroxyl groups excluding tert-OH is 1. The fourth-order valence-corrected chi connectivity index (χ4v) is 7.40. The molecule has 3 unspecified atom stereocenters. The summed E-state index contributed by atoms with van der Waals surface area (Å²) in [4.78, 5) is 26.4. The van der Waals surface area contributed by atoms with Gasteiger partial charge >= 0.3 is 0 Å². The molecule has 10 nitrogen and oxygen atoms in total. The number of aliphatic hydroxyl groups is 1. The number of anilines is 1. The lowest BCUT2D eigenvalue weighted by Crippen LogP contribution is -2.50. The topological polar surface area (TPSA) is 151 Å². The van der Waals surface area contributed by atoms with Crippen LogP contribution in [0.4, 0.5) is 5.69 Å². The van der Waals surface area contributed by atoms with Gasteiger partial charge in [0.15, 0.2) is 0 Å². The molecule has 1 heterocycles. The van der Waals surface area contributed by atoms with Crippen molar-refractivity contribution >= 4 is 38.3 Å². The SMILES string of the molecule is CC(C)CN(C(CO)CCCCNC(=O)C(Cc1ccc2ccccc2c1)NC(=O)C1CCOC1)S(=O)(=O)c1ccc(N)cc1. The van der Waals surface area contributed by atoms with Gasteiger partial charge in [0.1, 0.15) is 6.04 Å². The first-order chi connectivity index (χ1) is 21.6. The number of unbranched alkanes of at least 4 members (excludes halogenated alkanes) is 1. The van der Waals surface area contributed by atoms with E-state index >= 15 is 0 Å². The van der Waals surface area contributed by atoms with Crippen LogP contribution in [0.1, 0.15) is 45.1 Å². The molecular formula is C34H46N4O6S. The van der Waals surface area contributed by atoms with Gasteiger partial charge in [-0.25, -0.2) is 8.42 Å². The van der Waals surface area contributed by atoms with Crippen LogP contribution in [0.15, 0.2) is 71.6 Å². The van der Waals surface area contributed by atoms with E-state index in [2.05, 4.69) is 10.6 Å². The third-order valence-electron chi connectivity index (χ3n) is 8.10. The van der Waals surface area contributed by atoms with Crippen molar-refractivity contribution in [1.29, 1.82) is 0 Å². The van der Waals surface area contributed by atoms with Crippen molar-refractivity contribution in [3.63, 3.8) is 0 Å². The number of ether oxygens (including phenoxy) is 1. The van der Waals surface area contributed by atoms with Gasteiger partial charge in [0.25, 0.3) is 0 Å². The zero-order valence-electron chi connectivity index (χ0n) is 26.2. The number of nitrogen functional groups attached to an aromatic ring is 1. The zero-order chi connectivity index (χ0) is 32.4. The predicted octanol–water partition coefficient (Wildman–Crippen LogP) is 3.48. The largest absolute Gasteiger partial charge is 0.399 e. The highest BCUT2D eigenvalue weighted by molar-refractivity contribution is 7.89. The lowest BCUT2D eigenvalue weighted by Gasteiger charge is -2.31. The number of nitrogens with two attached hydrogens (primary N) is 1. The molecule has 0 aliphatic carbocycles. The van der Waals surface area contributed by atoms with E-state index in [4.69, 9.17) is 10.5 Å². The van der Waals surface area contributed by atoms with Crippen LogP contribution in [0.3, 0.4) is 0 Å². The minimum absolute atomic E-state index is 0.0486. The van der Waals surface area contributed by atoms with Gasteiger partial charge in [0.2, 0.25) is 21.8 Å². The average molecular weight is 639 g/mol. The summed E-state index contributed by atoms with van der Waals surface area (Å²) in [6.45, 7) is 5.04. The number of carbonyl (C=O) groups is 2. The molecule has 1 aliphatic rings. The van der Waals surface area contributed by atoms with E-state index in [-0.39, 0.29) is 41.7 Å². The first kappa shape index (κ1) is 34.4. The summed E-state index contributed by atoms with van der Waals surface area (Å²) in [5, 5.41) is 18.3. The molecule has 2 amide bonds. The molecule has 3 aromatic rings. The highest BCUT2D eigenvalue weighted by Crippen LogP contribution is 2.23. The molecule has 0 radical (unpaired) electrons. The summed E-state index contributed by atoms with van der Waals surface area (Å²) in [5.41, 5.74) is 7.16. The van der Waals surface area contributed by atoms with E-state index in [1.54, 1.807) is 12.1 Å². The first-order valence-corrected chi connectivity index (χ1v) is 17.1. The number of rotatable bonds is 16. The third kappa shape index (κ3) is 9.49. The molecule has 1 saturated heterocycles. The number of hydrogen-bond donors (Lipinski definition) is 4. The van der Waals surface area contributed by atoms with Gasteiger partial charge in [-0.1, -0.05) is 62.7 Å². The monoisotopic (exact) mass is 638 g/mol. The van der Waals surface area contributed by atoms with E-state index in [1.165, 1.54) is 16.4 Å². The fraction of sp³-hybridized carbons (Fsp3) is 0.471. The molecule has 45 heavy (non-hydrogen) atoms. The van der Waals surface area contributed by atoms with Gasteiger partial charge in [-0.05, 0) is 65.8 Å². The molecule has 0 spiro atoms. The summed E-state index contributed by atoms with van der Waals surface area (Å²) >= 11 is 0. The number of sulfonamides is 1. The van der Waals surface area contributed by atoms with Crippen LogP contribution in [0, 0.1) is 11.8 Å². The molecule has 5 N–H and O–H groups in total. The zero-order valence-corrected chi connectivity index (χ0v) is 27.0. The quantitative estimate of drug-likeness (QED) is 0.139. The van der Waals surface area contributed by atoms with Gasteiger partial charge in [-0.3, -0.25) is 9.59 Å². The molecule has 1 aliphatic heterocycles. The predicted molar refractivity (Wildman–Crippen MR) is 176 cm³/mol. The van der Waals surface area contributed by atoms with Crippen molar-refractivity contribution in [3.8, 4) is 0 Å². The smallest absolute Gasteiger partial charge is 0.243 e. The Bertz CT molecular complexity index is 1520. The summed E-state index contributed by atoms with van der Waals surface area (Å²) < 4.78 is 33.8. The number of hydrogen-bond acceptors (Lipinski definition) is 7. The van der Waals surface area contributed by atoms with Crippen molar-refractivity contribution in [3.05, 3.63) is 72.3 Å². The Hall–Kier alpha value is -3.51. The van der Waals surface area contributed by atoms with Crippen LogP contribution >= 0.6 is 0 Å². The minimum Gasteiger partial charge on any atom is -0.399 e. The van der Waals surface area contributed by atoms with Crippen LogP contribution in [0.2, 0.25) is 0 Å². The Kier molecular flexibility index (Phi) is 12.3. The molecule has 244 valence electrons. The number of carbonyl (C=O) groups excluding carboxylic acids is 2. The Balaban J connectivity index is 1.36. The van der Waals surface area contributed by atoms with Gasteiger partial charge in [-0.15, -0.1) is 0 Å². The van der Waals surface area contributed by atoms with Crippen LogP contribution in [-0.2, 0) is 30.8 Å². The second kappa shape index (κ2) is 16.2.